The SMILES string of the molecule is CCOC(=O)[C@@H]1C[C@H]([N+](=O)[O-])[C@@H](C(=O)O)[C@H](OC(CC)CC)[C@@H]1Sc1ccc(C)cc1. The maximum Gasteiger partial charge on any atom is 0.316 e. The molecule has 0 saturated heterocycles. The highest BCUT2D eigenvalue weighted by Gasteiger charge is 2.57. The maximum atomic E-state index is 12.8. The van der Waals surface area contributed by atoms with Crippen LogP contribution >= 0.6 is 11.8 Å². The van der Waals surface area contributed by atoms with Crippen molar-refractivity contribution in [3.05, 3.63) is 39.9 Å². The Morgan fingerprint density at radius 3 is 2.32 bits per heavy atom. The van der Waals surface area contributed by atoms with Gasteiger partial charge < -0.3 is 14.6 Å². The molecule has 0 aliphatic heterocycles. The molecular formula is C22H31NO7S. The van der Waals surface area contributed by atoms with Crippen LogP contribution in [0.2, 0.25) is 0 Å². The molecule has 2 rings (SSSR count). The summed E-state index contributed by atoms with van der Waals surface area (Å²) in [5.74, 6) is -4.05. The molecule has 1 aliphatic rings. The first kappa shape index (κ1) is 25.1. The lowest BCUT2D eigenvalue weighted by Crippen LogP contribution is -2.57. The van der Waals surface area contributed by atoms with E-state index < -0.39 is 46.1 Å². The number of aliphatic carboxylic acids is 1. The van der Waals surface area contributed by atoms with E-state index in [9.17, 15) is 24.8 Å². The second-order valence-electron chi connectivity index (χ2n) is 7.75. The number of rotatable bonds is 10. The first-order valence-corrected chi connectivity index (χ1v) is 11.5. The van der Waals surface area contributed by atoms with Gasteiger partial charge in [0.25, 0.3) is 0 Å². The summed E-state index contributed by atoms with van der Waals surface area (Å²) in [5, 5.41) is 21.1. The Morgan fingerprint density at radius 2 is 1.84 bits per heavy atom. The molecule has 172 valence electrons. The number of benzene rings is 1. The second-order valence-corrected chi connectivity index (χ2v) is 9.00. The Balaban J connectivity index is 2.54. The molecule has 1 N–H and O–H groups in total. The number of hydrogen-bond acceptors (Lipinski definition) is 7. The number of nitro groups is 1. The third kappa shape index (κ3) is 6.20. The van der Waals surface area contributed by atoms with Gasteiger partial charge in [0, 0.05) is 16.2 Å². The van der Waals surface area contributed by atoms with Gasteiger partial charge in [-0.3, -0.25) is 19.7 Å². The topological polar surface area (TPSA) is 116 Å². The Labute approximate surface area is 186 Å². The van der Waals surface area contributed by atoms with Crippen LogP contribution in [0.1, 0.15) is 45.6 Å². The van der Waals surface area contributed by atoms with Crippen LogP contribution in [0.4, 0.5) is 0 Å². The molecule has 0 aromatic heterocycles. The van der Waals surface area contributed by atoms with Crippen LogP contribution in [-0.4, -0.2) is 52.1 Å². The molecule has 1 fully saturated rings. The van der Waals surface area contributed by atoms with Crippen LogP contribution in [0.3, 0.4) is 0 Å². The fourth-order valence-corrected chi connectivity index (χ4v) is 5.35. The Kier molecular flexibility index (Phi) is 9.31. The van der Waals surface area contributed by atoms with E-state index in [1.54, 1.807) is 6.92 Å². The highest BCUT2D eigenvalue weighted by Crippen LogP contribution is 2.44. The molecule has 0 heterocycles. The van der Waals surface area contributed by atoms with Gasteiger partial charge in [0.05, 0.1) is 30.0 Å². The van der Waals surface area contributed by atoms with Gasteiger partial charge in [-0.25, -0.2) is 0 Å². The van der Waals surface area contributed by atoms with E-state index >= 15 is 0 Å². The molecule has 1 aliphatic carbocycles. The molecule has 1 aromatic carbocycles. The van der Waals surface area contributed by atoms with Gasteiger partial charge in [-0.1, -0.05) is 31.5 Å². The van der Waals surface area contributed by atoms with Crippen molar-refractivity contribution in [3.63, 3.8) is 0 Å². The predicted molar refractivity (Wildman–Crippen MR) is 117 cm³/mol. The van der Waals surface area contributed by atoms with Crippen LogP contribution in [0, 0.1) is 28.9 Å². The third-order valence-electron chi connectivity index (χ3n) is 5.68. The molecule has 9 heteroatoms. The van der Waals surface area contributed by atoms with Gasteiger partial charge in [-0.2, -0.15) is 0 Å². The zero-order valence-electron chi connectivity index (χ0n) is 18.4. The minimum absolute atomic E-state index is 0.140. The van der Waals surface area contributed by atoms with Crippen molar-refractivity contribution in [3.8, 4) is 0 Å². The average molecular weight is 454 g/mol. The first-order chi connectivity index (χ1) is 14.7. The molecule has 1 aromatic rings. The molecule has 0 amide bonds. The van der Waals surface area contributed by atoms with Crippen LogP contribution < -0.4 is 0 Å². The van der Waals surface area contributed by atoms with Crippen molar-refractivity contribution in [2.75, 3.05) is 6.61 Å². The number of carboxylic acid groups (broad SMARTS) is 1. The molecular weight excluding hydrogens is 422 g/mol. The average Bonchev–Trinajstić information content (AvgIpc) is 2.73. The predicted octanol–water partition coefficient (Wildman–Crippen LogP) is 3.96. The number of esters is 1. The van der Waals surface area contributed by atoms with Crippen LogP contribution in [-0.2, 0) is 19.1 Å². The van der Waals surface area contributed by atoms with Gasteiger partial charge in [0.2, 0.25) is 6.04 Å². The number of hydrogen-bond donors (Lipinski definition) is 1. The number of aryl methyl sites for hydroxylation is 1. The zero-order valence-corrected chi connectivity index (χ0v) is 19.2. The summed E-state index contributed by atoms with van der Waals surface area (Å²) < 4.78 is 11.4. The van der Waals surface area contributed by atoms with Gasteiger partial charge in [0.1, 0.15) is 0 Å². The maximum absolute atomic E-state index is 12.8. The lowest BCUT2D eigenvalue weighted by molar-refractivity contribution is -0.537. The molecule has 0 spiro atoms. The summed E-state index contributed by atoms with van der Waals surface area (Å²) in [4.78, 5) is 37.0. The van der Waals surface area contributed by atoms with E-state index in [-0.39, 0.29) is 19.1 Å². The van der Waals surface area contributed by atoms with Crippen LogP contribution in [0.5, 0.6) is 0 Å². The summed E-state index contributed by atoms with van der Waals surface area (Å²) in [7, 11) is 0. The molecule has 5 atom stereocenters. The van der Waals surface area contributed by atoms with Gasteiger partial charge in [0.15, 0.2) is 5.92 Å². The number of ether oxygens (including phenoxy) is 2. The summed E-state index contributed by atoms with van der Waals surface area (Å²) in [6, 6.07) is 6.21. The summed E-state index contributed by atoms with van der Waals surface area (Å²) in [5.41, 5.74) is 1.07. The van der Waals surface area contributed by atoms with E-state index in [0.717, 1.165) is 10.5 Å². The van der Waals surface area contributed by atoms with E-state index in [1.807, 2.05) is 45.0 Å². The van der Waals surface area contributed by atoms with Crippen LogP contribution in [0.25, 0.3) is 0 Å². The number of nitrogens with zero attached hydrogens (tertiary/aromatic N) is 1. The van der Waals surface area contributed by atoms with E-state index in [4.69, 9.17) is 9.47 Å². The Morgan fingerprint density at radius 1 is 1.23 bits per heavy atom. The Bertz CT molecular complexity index is 766. The smallest absolute Gasteiger partial charge is 0.316 e. The first-order valence-electron chi connectivity index (χ1n) is 10.6. The van der Waals surface area contributed by atoms with Crippen molar-refractivity contribution in [2.24, 2.45) is 11.8 Å². The normalized spacial score (nSPS) is 25.9. The van der Waals surface area contributed by atoms with Crippen molar-refractivity contribution in [1.29, 1.82) is 0 Å². The van der Waals surface area contributed by atoms with Crippen molar-refractivity contribution < 1.29 is 29.1 Å². The standard InChI is InChI=1S/C22H31NO7S/c1-5-14(6-2)30-19-18(21(24)25)17(23(27)28)12-16(22(26)29-7-3)20(19)31-15-10-8-13(4)9-11-15/h8-11,14,16-20H,5-7,12H2,1-4H3,(H,24,25)/t16-,17+,18-,19+,20-/m1/s1. The van der Waals surface area contributed by atoms with E-state index in [1.165, 1.54) is 11.8 Å². The third-order valence-corrected chi connectivity index (χ3v) is 7.10. The summed E-state index contributed by atoms with van der Waals surface area (Å²) in [6.45, 7) is 7.61. The largest absolute Gasteiger partial charge is 0.481 e. The molecule has 0 radical (unpaired) electrons. The highest BCUT2D eigenvalue weighted by molar-refractivity contribution is 8.00. The van der Waals surface area contributed by atoms with Gasteiger partial charge in [-0.05, 0) is 38.8 Å². The van der Waals surface area contributed by atoms with E-state index in [0.29, 0.717) is 12.8 Å². The van der Waals surface area contributed by atoms with Crippen molar-refractivity contribution in [1.82, 2.24) is 0 Å². The summed E-state index contributed by atoms with van der Waals surface area (Å²) in [6.07, 6.45) is -0.202. The highest BCUT2D eigenvalue weighted by atomic mass is 32.2. The zero-order chi connectivity index (χ0) is 23.1. The fraction of sp³-hybridized carbons (Fsp3) is 0.636. The lowest BCUT2D eigenvalue weighted by Gasteiger charge is -2.42. The van der Waals surface area contributed by atoms with Crippen molar-refractivity contribution in [2.45, 2.75) is 75.4 Å². The van der Waals surface area contributed by atoms with Crippen LogP contribution in [0.15, 0.2) is 29.2 Å². The minimum Gasteiger partial charge on any atom is -0.481 e. The number of carbonyl (C=O) groups is 2. The quantitative estimate of drug-likeness (QED) is 0.321. The van der Waals surface area contributed by atoms with Crippen molar-refractivity contribution >= 4 is 23.7 Å². The minimum atomic E-state index is -1.43. The molecule has 1 saturated carbocycles. The monoisotopic (exact) mass is 453 g/mol. The second kappa shape index (κ2) is 11.5. The van der Waals surface area contributed by atoms with Gasteiger partial charge in [-0.15, -0.1) is 11.8 Å². The molecule has 0 bridgehead atoms. The number of carboxylic acids is 1. The number of carbonyl (C=O) groups excluding carboxylic acids is 1. The molecule has 0 unspecified atom stereocenters. The fourth-order valence-electron chi connectivity index (χ4n) is 3.98. The molecule has 8 nitrogen and oxygen atoms in total. The number of thioether (sulfide) groups is 1. The Hall–Kier alpha value is -2.13. The summed E-state index contributed by atoms with van der Waals surface area (Å²) >= 11 is 1.33. The van der Waals surface area contributed by atoms with Gasteiger partial charge >= 0.3 is 11.9 Å². The lowest BCUT2D eigenvalue weighted by atomic mass is 9.75. The van der Waals surface area contributed by atoms with E-state index in [2.05, 4.69) is 0 Å². The molecule has 31 heavy (non-hydrogen) atoms.